The molecular formula is C12H13FN2O. The first-order valence-corrected chi connectivity index (χ1v) is 5.24. The summed E-state index contributed by atoms with van der Waals surface area (Å²) in [7, 11) is 0. The van der Waals surface area contributed by atoms with E-state index in [4.69, 9.17) is 15.7 Å². The van der Waals surface area contributed by atoms with Gasteiger partial charge in [0.1, 0.15) is 5.82 Å². The van der Waals surface area contributed by atoms with Crippen LogP contribution in [0, 0.1) is 17.1 Å². The molecule has 2 rings (SSSR count). The average Bonchev–Trinajstić information content (AvgIpc) is 2.25. The average molecular weight is 220 g/mol. The Bertz CT molecular complexity index is 422. The highest BCUT2D eigenvalue weighted by Gasteiger charge is 2.26. The molecule has 0 amide bonds. The summed E-state index contributed by atoms with van der Waals surface area (Å²) in [4.78, 5) is 0. The van der Waals surface area contributed by atoms with Crippen molar-refractivity contribution in [2.24, 2.45) is 5.73 Å². The van der Waals surface area contributed by atoms with Crippen LogP contribution in [0.15, 0.2) is 18.2 Å². The second-order valence-corrected chi connectivity index (χ2v) is 4.08. The Balaban J connectivity index is 1.95. The molecule has 1 aromatic carbocycles. The van der Waals surface area contributed by atoms with Crippen LogP contribution in [0.1, 0.15) is 24.0 Å². The maximum atomic E-state index is 13.3. The lowest BCUT2D eigenvalue weighted by molar-refractivity contribution is -0.0198. The van der Waals surface area contributed by atoms with Gasteiger partial charge in [0.05, 0.1) is 24.3 Å². The van der Waals surface area contributed by atoms with E-state index >= 15 is 0 Å². The minimum Gasteiger partial charge on any atom is -0.373 e. The molecule has 0 radical (unpaired) electrons. The maximum absolute atomic E-state index is 13.3. The molecule has 84 valence electrons. The number of nitrogens with two attached hydrogens (primary N) is 1. The van der Waals surface area contributed by atoms with Crippen molar-refractivity contribution in [1.82, 2.24) is 0 Å². The zero-order valence-corrected chi connectivity index (χ0v) is 8.82. The molecule has 1 aliphatic rings. The summed E-state index contributed by atoms with van der Waals surface area (Å²) < 4.78 is 18.8. The van der Waals surface area contributed by atoms with Gasteiger partial charge in [0.25, 0.3) is 0 Å². The van der Waals surface area contributed by atoms with Crippen molar-refractivity contribution in [2.75, 3.05) is 0 Å². The van der Waals surface area contributed by atoms with Gasteiger partial charge in [0.15, 0.2) is 0 Å². The molecule has 0 atom stereocenters. The number of rotatable bonds is 3. The van der Waals surface area contributed by atoms with Gasteiger partial charge < -0.3 is 10.5 Å². The van der Waals surface area contributed by atoms with Gasteiger partial charge in [-0.15, -0.1) is 0 Å². The van der Waals surface area contributed by atoms with E-state index in [1.807, 2.05) is 6.07 Å². The van der Waals surface area contributed by atoms with Crippen molar-refractivity contribution in [3.05, 3.63) is 35.1 Å². The van der Waals surface area contributed by atoms with Gasteiger partial charge in [-0.25, -0.2) is 4.39 Å². The third-order valence-corrected chi connectivity index (χ3v) is 2.78. The van der Waals surface area contributed by atoms with Gasteiger partial charge in [0.2, 0.25) is 0 Å². The minimum atomic E-state index is -0.331. The van der Waals surface area contributed by atoms with Gasteiger partial charge in [-0.3, -0.25) is 0 Å². The minimum absolute atomic E-state index is 0.139. The summed E-state index contributed by atoms with van der Waals surface area (Å²) in [6.07, 6.45) is 1.80. The molecule has 4 heteroatoms. The van der Waals surface area contributed by atoms with Gasteiger partial charge in [-0.2, -0.15) is 5.26 Å². The predicted octanol–water partition coefficient (Wildman–Crippen LogP) is 1.70. The van der Waals surface area contributed by atoms with Crippen molar-refractivity contribution >= 4 is 0 Å². The first kappa shape index (κ1) is 11.1. The van der Waals surface area contributed by atoms with Crippen molar-refractivity contribution < 1.29 is 9.13 Å². The Kier molecular flexibility index (Phi) is 3.18. The van der Waals surface area contributed by atoms with Crippen LogP contribution in [0.3, 0.4) is 0 Å². The van der Waals surface area contributed by atoms with E-state index in [-0.39, 0.29) is 24.6 Å². The summed E-state index contributed by atoms with van der Waals surface area (Å²) in [6, 6.07) is 6.47. The Labute approximate surface area is 93.6 Å². The highest BCUT2D eigenvalue weighted by atomic mass is 19.1. The molecule has 2 N–H and O–H groups in total. The molecule has 1 aromatic rings. The van der Waals surface area contributed by atoms with Crippen LogP contribution in [-0.2, 0) is 11.3 Å². The van der Waals surface area contributed by atoms with Crippen LogP contribution in [0.25, 0.3) is 0 Å². The molecule has 1 fully saturated rings. The van der Waals surface area contributed by atoms with Crippen LogP contribution in [0.2, 0.25) is 0 Å². The molecule has 0 bridgehead atoms. The number of ether oxygens (including phenoxy) is 1. The Morgan fingerprint density at radius 3 is 2.88 bits per heavy atom. The number of hydrogen-bond acceptors (Lipinski definition) is 3. The van der Waals surface area contributed by atoms with E-state index in [2.05, 4.69) is 0 Å². The van der Waals surface area contributed by atoms with Crippen LogP contribution < -0.4 is 5.73 Å². The number of halogens is 1. The number of nitriles is 1. The topological polar surface area (TPSA) is 59.0 Å². The lowest BCUT2D eigenvalue weighted by atomic mass is 9.90. The van der Waals surface area contributed by atoms with Gasteiger partial charge in [0, 0.05) is 11.6 Å². The molecule has 0 heterocycles. The third kappa shape index (κ3) is 2.38. The lowest BCUT2D eigenvalue weighted by Crippen LogP contribution is -2.41. The van der Waals surface area contributed by atoms with E-state index in [1.54, 1.807) is 0 Å². The Hall–Kier alpha value is -1.44. The van der Waals surface area contributed by atoms with E-state index in [1.165, 1.54) is 18.2 Å². The number of nitrogens with zero attached hydrogens (tertiary/aromatic N) is 1. The molecule has 1 aliphatic carbocycles. The largest absolute Gasteiger partial charge is 0.373 e. The van der Waals surface area contributed by atoms with Gasteiger partial charge in [-0.05, 0) is 31.0 Å². The number of benzene rings is 1. The fraction of sp³-hybridized carbons (Fsp3) is 0.417. The molecule has 1 saturated carbocycles. The second kappa shape index (κ2) is 4.60. The predicted molar refractivity (Wildman–Crippen MR) is 56.9 cm³/mol. The highest BCUT2D eigenvalue weighted by molar-refractivity contribution is 5.33. The van der Waals surface area contributed by atoms with E-state index in [9.17, 15) is 4.39 Å². The van der Waals surface area contributed by atoms with E-state index in [0.29, 0.717) is 11.1 Å². The Morgan fingerprint density at radius 2 is 2.25 bits per heavy atom. The van der Waals surface area contributed by atoms with Crippen LogP contribution in [0.4, 0.5) is 4.39 Å². The fourth-order valence-corrected chi connectivity index (χ4v) is 1.70. The van der Waals surface area contributed by atoms with Gasteiger partial charge in [-0.1, -0.05) is 0 Å². The van der Waals surface area contributed by atoms with Crippen molar-refractivity contribution in [3.8, 4) is 6.07 Å². The first-order valence-electron chi connectivity index (χ1n) is 5.24. The van der Waals surface area contributed by atoms with Crippen molar-refractivity contribution in [1.29, 1.82) is 5.26 Å². The molecule has 0 unspecified atom stereocenters. The molecule has 16 heavy (non-hydrogen) atoms. The molecule has 0 aliphatic heterocycles. The summed E-state index contributed by atoms with van der Waals surface area (Å²) in [5.41, 5.74) is 6.50. The van der Waals surface area contributed by atoms with Gasteiger partial charge >= 0.3 is 0 Å². The SMILES string of the molecule is N#Cc1ccc(F)c(COC2CC(N)C2)c1. The molecular weight excluding hydrogens is 207 g/mol. The lowest BCUT2D eigenvalue weighted by Gasteiger charge is -2.32. The summed E-state index contributed by atoms with van der Waals surface area (Å²) in [6.45, 7) is 0.207. The van der Waals surface area contributed by atoms with Crippen LogP contribution >= 0.6 is 0 Å². The normalized spacial score (nSPS) is 23.6. The van der Waals surface area contributed by atoms with E-state index < -0.39 is 0 Å². The van der Waals surface area contributed by atoms with Crippen LogP contribution in [0.5, 0.6) is 0 Å². The standard InChI is InChI=1S/C12H13FN2O/c13-12-2-1-8(6-14)3-9(12)7-16-11-4-10(15)5-11/h1-3,10-11H,4-5,7,15H2. The maximum Gasteiger partial charge on any atom is 0.128 e. The van der Waals surface area contributed by atoms with E-state index in [0.717, 1.165) is 12.8 Å². The smallest absolute Gasteiger partial charge is 0.128 e. The number of hydrogen-bond donors (Lipinski definition) is 1. The summed E-state index contributed by atoms with van der Waals surface area (Å²) >= 11 is 0. The zero-order chi connectivity index (χ0) is 11.5. The summed E-state index contributed by atoms with van der Waals surface area (Å²) in [5, 5.41) is 8.69. The fourth-order valence-electron chi connectivity index (χ4n) is 1.70. The molecule has 0 spiro atoms. The quantitative estimate of drug-likeness (QED) is 0.843. The summed E-state index contributed by atoms with van der Waals surface area (Å²) in [5.74, 6) is -0.331. The third-order valence-electron chi connectivity index (χ3n) is 2.78. The first-order chi connectivity index (χ1) is 7.69. The Morgan fingerprint density at radius 1 is 1.50 bits per heavy atom. The van der Waals surface area contributed by atoms with Crippen LogP contribution in [-0.4, -0.2) is 12.1 Å². The monoisotopic (exact) mass is 220 g/mol. The zero-order valence-electron chi connectivity index (χ0n) is 8.82. The highest BCUT2D eigenvalue weighted by Crippen LogP contribution is 2.23. The second-order valence-electron chi connectivity index (χ2n) is 4.08. The van der Waals surface area contributed by atoms with Crippen molar-refractivity contribution in [2.45, 2.75) is 31.6 Å². The molecule has 0 aromatic heterocycles. The molecule has 3 nitrogen and oxygen atoms in total. The molecule has 0 saturated heterocycles. The van der Waals surface area contributed by atoms with Crippen molar-refractivity contribution in [3.63, 3.8) is 0 Å².